The fourth-order valence-electron chi connectivity index (χ4n) is 4.12. The highest BCUT2D eigenvalue weighted by atomic mass is 16.5. The first-order valence-electron chi connectivity index (χ1n) is 7.49. The summed E-state index contributed by atoms with van der Waals surface area (Å²) in [4.78, 5) is 2.43. The average molecular weight is 271 g/mol. The average Bonchev–Trinajstić information content (AvgIpc) is 2.35. The van der Waals surface area contributed by atoms with Crippen LogP contribution in [-0.2, 0) is 9.47 Å². The largest absolute Gasteiger partial charge is 0.396 e. The van der Waals surface area contributed by atoms with Gasteiger partial charge in [-0.15, -0.1) is 0 Å². The lowest BCUT2D eigenvalue weighted by Gasteiger charge is -2.59. The Hall–Kier alpha value is -0.160. The summed E-state index contributed by atoms with van der Waals surface area (Å²) in [6.45, 7) is 7.07. The van der Waals surface area contributed by atoms with Crippen LogP contribution in [0.2, 0.25) is 0 Å². The molecule has 0 spiro atoms. The Kier molecular flexibility index (Phi) is 4.56. The summed E-state index contributed by atoms with van der Waals surface area (Å²) in [5.74, 6) is 0. The van der Waals surface area contributed by atoms with Gasteiger partial charge in [0.05, 0.1) is 31.3 Å². The van der Waals surface area contributed by atoms with E-state index in [0.717, 1.165) is 25.8 Å². The van der Waals surface area contributed by atoms with E-state index < -0.39 is 0 Å². The molecule has 1 saturated carbocycles. The molecule has 4 heteroatoms. The highest BCUT2D eigenvalue weighted by molar-refractivity contribution is 5.08. The molecule has 2 rings (SSSR count). The maximum atomic E-state index is 9.57. The molecule has 0 aromatic rings. The zero-order chi connectivity index (χ0) is 14.1. The molecule has 2 fully saturated rings. The van der Waals surface area contributed by atoms with E-state index in [2.05, 4.69) is 25.8 Å². The number of rotatable bonds is 7. The first kappa shape index (κ1) is 15.2. The van der Waals surface area contributed by atoms with Gasteiger partial charge in [0, 0.05) is 25.1 Å². The van der Waals surface area contributed by atoms with Gasteiger partial charge in [-0.25, -0.2) is 0 Å². The van der Waals surface area contributed by atoms with E-state index in [-0.39, 0.29) is 17.4 Å². The summed E-state index contributed by atoms with van der Waals surface area (Å²) in [6.07, 6.45) is 3.80. The SMILES string of the molecule is CCC1(CC)C(OC)CC1N(C)CC1(CO)COC1. The van der Waals surface area contributed by atoms with Crippen molar-refractivity contribution in [2.24, 2.45) is 10.8 Å². The normalized spacial score (nSPS) is 31.9. The van der Waals surface area contributed by atoms with Crippen molar-refractivity contribution in [3.8, 4) is 0 Å². The summed E-state index contributed by atoms with van der Waals surface area (Å²) in [6, 6.07) is 0.566. The van der Waals surface area contributed by atoms with Gasteiger partial charge in [-0.3, -0.25) is 0 Å². The highest BCUT2D eigenvalue weighted by Gasteiger charge is 2.55. The number of aliphatic hydroxyl groups excluding tert-OH is 1. The van der Waals surface area contributed by atoms with E-state index in [1.54, 1.807) is 0 Å². The van der Waals surface area contributed by atoms with Crippen LogP contribution in [0.15, 0.2) is 0 Å². The van der Waals surface area contributed by atoms with Crippen molar-refractivity contribution < 1.29 is 14.6 Å². The van der Waals surface area contributed by atoms with Crippen LogP contribution in [0.4, 0.5) is 0 Å². The lowest BCUT2D eigenvalue weighted by molar-refractivity contribution is -0.189. The van der Waals surface area contributed by atoms with Gasteiger partial charge in [-0.1, -0.05) is 13.8 Å². The monoisotopic (exact) mass is 271 g/mol. The van der Waals surface area contributed by atoms with Crippen molar-refractivity contribution >= 4 is 0 Å². The van der Waals surface area contributed by atoms with Gasteiger partial charge >= 0.3 is 0 Å². The number of hydrogen-bond donors (Lipinski definition) is 1. The Morgan fingerprint density at radius 2 is 1.95 bits per heavy atom. The van der Waals surface area contributed by atoms with E-state index in [1.807, 2.05) is 7.11 Å². The number of ether oxygens (including phenoxy) is 2. The van der Waals surface area contributed by atoms with Gasteiger partial charge in [0.2, 0.25) is 0 Å². The van der Waals surface area contributed by atoms with Gasteiger partial charge < -0.3 is 19.5 Å². The van der Waals surface area contributed by atoms with Gasteiger partial charge in [-0.05, 0) is 26.3 Å². The van der Waals surface area contributed by atoms with Crippen molar-refractivity contribution in [3.05, 3.63) is 0 Å². The minimum atomic E-state index is -0.0276. The molecule has 1 N–H and O–H groups in total. The molecule has 0 aromatic carbocycles. The third kappa shape index (κ3) is 2.33. The maximum Gasteiger partial charge on any atom is 0.0657 e. The van der Waals surface area contributed by atoms with Crippen LogP contribution >= 0.6 is 0 Å². The van der Waals surface area contributed by atoms with Crippen molar-refractivity contribution in [2.75, 3.05) is 40.5 Å². The second-order valence-corrected chi connectivity index (χ2v) is 6.48. The number of hydrogen-bond acceptors (Lipinski definition) is 4. The van der Waals surface area contributed by atoms with Gasteiger partial charge in [0.1, 0.15) is 0 Å². The van der Waals surface area contributed by atoms with E-state index in [0.29, 0.717) is 25.4 Å². The summed E-state index contributed by atoms with van der Waals surface area (Å²) >= 11 is 0. The molecule has 2 atom stereocenters. The smallest absolute Gasteiger partial charge is 0.0657 e. The molecular weight excluding hydrogens is 242 g/mol. The Labute approximate surface area is 117 Å². The topological polar surface area (TPSA) is 41.9 Å². The van der Waals surface area contributed by atoms with Crippen LogP contribution < -0.4 is 0 Å². The first-order chi connectivity index (χ1) is 9.07. The Balaban J connectivity index is 2.01. The first-order valence-corrected chi connectivity index (χ1v) is 7.49. The van der Waals surface area contributed by atoms with E-state index in [1.165, 1.54) is 0 Å². The molecule has 1 aliphatic heterocycles. The minimum absolute atomic E-state index is 0.0276. The predicted molar refractivity (Wildman–Crippen MR) is 75.2 cm³/mol. The Morgan fingerprint density at radius 1 is 1.32 bits per heavy atom. The fourth-order valence-corrected chi connectivity index (χ4v) is 4.12. The molecule has 112 valence electrons. The fraction of sp³-hybridized carbons (Fsp3) is 1.00. The molecule has 19 heavy (non-hydrogen) atoms. The Morgan fingerprint density at radius 3 is 2.32 bits per heavy atom. The predicted octanol–water partition coefficient (Wildman–Crippen LogP) is 1.52. The molecule has 1 saturated heterocycles. The lowest BCUT2D eigenvalue weighted by Crippen LogP contribution is -2.66. The zero-order valence-electron chi connectivity index (χ0n) is 12.8. The summed E-state index contributed by atoms with van der Waals surface area (Å²) in [7, 11) is 4.02. The molecule has 2 unspecified atom stereocenters. The summed E-state index contributed by atoms with van der Waals surface area (Å²) in [5.41, 5.74) is 0.255. The third-order valence-corrected chi connectivity index (χ3v) is 5.61. The van der Waals surface area contributed by atoms with Crippen molar-refractivity contribution in [2.45, 2.75) is 45.3 Å². The molecule has 4 nitrogen and oxygen atoms in total. The van der Waals surface area contributed by atoms with E-state index in [4.69, 9.17) is 9.47 Å². The number of aliphatic hydroxyl groups is 1. The van der Waals surface area contributed by atoms with Crippen molar-refractivity contribution in [1.29, 1.82) is 0 Å². The molecule has 0 bridgehead atoms. The van der Waals surface area contributed by atoms with Crippen molar-refractivity contribution in [3.63, 3.8) is 0 Å². The lowest BCUT2D eigenvalue weighted by atomic mass is 9.58. The quantitative estimate of drug-likeness (QED) is 0.762. The molecule has 2 aliphatic rings. The molecule has 0 radical (unpaired) electrons. The standard InChI is InChI=1S/C15H29NO3/c1-5-15(6-2)12(7-13(15)18-4)16(3)8-14(9-17)10-19-11-14/h12-13,17H,5-11H2,1-4H3. The molecule has 0 aromatic heterocycles. The van der Waals surface area contributed by atoms with Crippen LogP contribution in [0.3, 0.4) is 0 Å². The van der Waals surface area contributed by atoms with Crippen LogP contribution in [0.25, 0.3) is 0 Å². The van der Waals surface area contributed by atoms with Gasteiger partial charge in [0.15, 0.2) is 0 Å². The van der Waals surface area contributed by atoms with Crippen LogP contribution in [0.5, 0.6) is 0 Å². The molecular formula is C15H29NO3. The zero-order valence-corrected chi connectivity index (χ0v) is 12.8. The van der Waals surface area contributed by atoms with Crippen LogP contribution in [0, 0.1) is 10.8 Å². The maximum absolute atomic E-state index is 9.57. The summed E-state index contributed by atoms with van der Waals surface area (Å²) in [5, 5.41) is 9.57. The minimum Gasteiger partial charge on any atom is -0.396 e. The van der Waals surface area contributed by atoms with Gasteiger partial charge in [-0.2, -0.15) is 0 Å². The van der Waals surface area contributed by atoms with Crippen molar-refractivity contribution in [1.82, 2.24) is 4.90 Å². The molecule has 1 aliphatic carbocycles. The molecule has 1 heterocycles. The van der Waals surface area contributed by atoms with Crippen LogP contribution in [0.1, 0.15) is 33.1 Å². The van der Waals surface area contributed by atoms with Crippen LogP contribution in [-0.4, -0.2) is 62.7 Å². The van der Waals surface area contributed by atoms with E-state index >= 15 is 0 Å². The molecule has 0 amide bonds. The Bertz CT molecular complexity index is 294. The highest BCUT2D eigenvalue weighted by Crippen LogP contribution is 2.51. The third-order valence-electron chi connectivity index (χ3n) is 5.61. The van der Waals surface area contributed by atoms with Gasteiger partial charge in [0.25, 0.3) is 0 Å². The number of methoxy groups -OCH3 is 1. The number of nitrogens with zero attached hydrogens (tertiary/aromatic N) is 1. The second kappa shape index (κ2) is 5.68. The summed E-state index contributed by atoms with van der Waals surface area (Å²) < 4.78 is 11.0. The second-order valence-electron chi connectivity index (χ2n) is 6.48. The van der Waals surface area contributed by atoms with E-state index in [9.17, 15) is 5.11 Å².